The molecule has 0 spiro atoms. The van der Waals surface area contributed by atoms with Gasteiger partial charge in [-0.3, -0.25) is 4.79 Å². The van der Waals surface area contributed by atoms with E-state index in [1.807, 2.05) is 29.0 Å². The van der Waals surface area contributed by atoms with E-state index in [-0.39, 0.29) is 11.9 Å². The lowest BCUT2D eigenvalue weighted by Gasteiger charge is -2.14. The third kappa shape index (κ3) is 4.69. The number of hydrogen-bond acceptors (Lipinski definition) is 3. The van der Waals surface area contributed by atoms with Crippen LogP contribution < -0.4 is 11.1 Å². The van der Waals surface area contributed by atoms with Crippen molar-refractivity contribution >= 4 is 17.2 Å². The van der Waals surface area contributed by atoms with Crippen LogP contribution in [0, 0.1) is 0 Å². The van der Waals surface area contributed by atoms with Crippen molar-refractivity contribution in [2.45, 2.75) is 32.2 Å². The molecule has 2 rings (SSSR count). The van der Waals surface area contributed by atoms with Gasteiger partial charge in [-0.1, -0.05) is 38.1 Å². The number of nitrogens with one attached hydrogen (secondary N) is 1. The quantitative estimate of drug-likeness (QED) is 0.860. The molecule has 4 heteroatoms. The van der Waals surface area contributed by atoms with Gasteiger partial charge in [-0.05, 0) is 39.4 Å². The molecule has 1 aromatic heterocycles. The van der Waals surface area contributed by atoms with Crippen LogP contribution in [0.2, 0.25) is 0 Å². The van der Waals surface area contributed by atoms with Gasteiger partial charge in [-0.25, -0.2) is 0 Å². The zero-order valence-electron chi connectivity index (χ0n) is 12.5. The van der Waals surface area contributed by atoms with Crippen molar-refractivity contribution in [3.05, 3.63) is 57.8 Å². The molecule has 0 fully saturated rings. The van der Waals surface area contributed by atoms with Crippen LogP contribution in [0.15, 0.2) is 41.1 Å². The number of carbonyl (C=O) groups excluding carboxylic acids is 1. The summed E-state index contributed by atoms with van der Waals surface area (Å²) in [4.78, 5) is 11.8. The van der Waals surface area contributed by atoms with Crippen LogP contribution >= 0.6 is 11.3 Å². The summed E-state index contributed by atoms with van der Waals surface area (Å²) in [5.74, 6) is 0.531. The summed E-state index contributed by atoms with van der Waals surface area (Å²) in [5, 5.41) is 6.86. The minimum Gasteiger partial charge on any atom is -0.354 e. The monoisotopic (exact) mass is 302 g/mol. The maximum atomic E-state index is 11.8. The van der Waals surface area contributed by atoms with E-state index in [2.05, 4.69) is 31.3 Å². The number of carbonyl (C=O) groups is 1. The summed E-state index contributed by atoms with van der Waals surface area (Å²) < 4.78 is 0. The van der Waals surface area contributed by atoms with Crippen LogP contribution in [0.3, 0.4) is 0 Å². The Labute approximate surface area is 130 Å². The summed E-state index contributed by atoms with van der Waals surface area (Å²) in [6, 6.07) is 10.1. The largest absolute Gasteiger partial charge is 0.354 e. The molecular weight excluding hydrogens is 280 g/mol. The van der Waals surface area contributed by atoms with Crippen molar-refractivity contribution < 1.29 is 4.79 Å². The van der Waals surface area contributed by atoms with E-state index in [9.17, 15) is 4.79 Å². The molecule has 3 nitrogen and oxygen atoms in total. The molecule has 1 aromatic carbocycles. The second kappa shape index (κ2) is 7.38. The summed E-state index contributed by atoms with van der Waals surface area (Å²) in [5.41, 5.74) is 9.53. The molecule has 1 heterocycles. The number of benzene rings is 1. The third-order valence-corrected chi connectivity index (χ3v) is 4.23. The van der Waals surface area contributed by atoms with Crippen LogP contribution in [0.25, 0.3) is 0 Å². The molecule has 1 amide bonds. The molecular formula is C17H22N2OS. The Morgan fingerprint density at radius 3 is 2.43 bits per heavy atom. The van der Waals surface area contributed by atoms with Crippen molar-refractivity contribution in [3.8, 4) is 0 Å². The molecule has 0 aliphatic carbocycles. The Bertz CT molecular complexity index is 561. The number of nitrogens with two attached hydrogens (primary N) is 1. The third-order valence-electron chi connectivity index (χ3n) is 3.50. The van der Waals surface area contributed by atoms with Gasteiger partial charge in [-0.2, -0.15) is 11.3 Å². The van der Waals surface area contributed by atoms with E-state index < -0.39 is 0 Å². The first-order chi connectivity index (χ1) is 10.1. The van der Waals surface area contributed by atoms with Gasteiger partial charge in [0, 0.05) is 12.6 Å². The molecule has 0 aliphatic rings. The maximum absolute atomic E-state index is 11.8. The van der Waals surface area contributed by atoms with E-state index >= 15 is 0 Å². The SMILES string of the molecule is CC(C)c1ccc(C(N)CNC(=O)Cc2ccsc2)cc1. The van der Waals surface area contributed by atoms with Gasteiger partial charge in [0.2, 0.25) is 5.91 Å². The highest BCUT2D eigenvalue weighted by Crippen LogP contribution is 2.17. The Morgan fingerprint density at radius 2 is 1.86 bits per heavy atom. The van der Waals surface area contributed by atoms with Crippen LogP contribution in [0.5, 0.6) is 0 Å². The van der Waals surface area contributed by atoms with Gasteiger partial charge in [0.15, 0.2) is 0 Å². The second-order valence-corrected chi connectivity index (χ2v) is 6.32. The fourth-order valence-corrected chi connectivity index (χ4v) is 2.78. The van der Waals surface area contributed by atoms with Gasteiger partial charge in [0.05, 0.1) is 6.42 Å². The molecule has 0 aliphatic heterocycles. The average molecular weight is 302 g/mol. The molecule has 112 valence electrons. The highest BCUT2D eigenvalue weighted by molar-refractivity contribution is 7.07. The van der Waals surface area contributed by atoms with Crippen molar-refractivity contribution in [1.82, 2.24) is 5.32 Å². The molecule has 0 saturated carbocycles. The lowest BCUT2D eigenvalue weighted by atomic mass is 9.99. The van der Waals surface area contributed by atoms with E-state index in [0.717, 1.165) is 11.1 Å². The summed E-state index contributed by atoms with van der Waals surface area (Å²) in [6.07, 6.45) is 0.419. The molecule has 21 heavy (non-hydrogen) atoms. The highest BCUT2D eigenvalue weighted by atomic mass is 32.1. The van der Waals surface area contributed by atoms with Gasteiger partial charge in [-0.15, -0.1) is 0 Å². The number of rotatable bonds is 6. The normalized spacial score (nSPS) is 12.4. The standard InChI is InChI=1S/C17H22N2OS/c1-12(2)14-3-5-15(6-4-14)16(18)10-19-17(20)9-13-7-8-21-11-13/h3-8,11-12,16H,9-10,18H2,1-2H3,(H,19,20). The van der Waals surface area contributed by atoms with E-state index in [1.165, 1.54) is 5.56 Å². The first kappa shape index (κ1) is 15.7. The Morgan fingerprint density at radius 1 is 1.19 bits per heavy atom. The summed E-state index contributed by atoms with van der Waals surface area (Å²) in [6.45, 7) is 4.79. The number of thiophene rings is 1. The average Bonchev–Trinajstić information content (AvgIpc) is 2.97. The second-order valence-electron chi connectivity index (χ2n) is 5.54. The van der Waals surface area contributed by atoms with Crippen LogP contribution in [0.4, 0.5) is 0 Å². The molecule has 1 unspecified atom stereocenters. The fraction of sp³-hybridized carbons (Fsp3) is 0.353. The van der Waals surface area contributed by atoms with Crippen LogP contribution in [-0.4, -0.2) is 12.5 Å². The highest BCUT2D eigenvalue weighted by Gasteiger charge is 2.09. The minimum atomic E-state index is -0.169. The van der Waals surface area contributed by atoms with Crippen LogP contribution in [0.1, 0.15) is 42.5 Å². The van der Waals surface area contributed by atoms with Crippen molar-refractivity contribution in [2.24, 2.45) is 5.73 Å². The summed E-state index contributed by atoms with van der Waals surface area (Å²) >= 11 is 1.60. The molecule has 3 N–H and O–H groups in total. The zero-order valence-corrected chi connectivity index (χ0v) is 13.3. The van der Waals surface area contributed by atoms with Crippen molar-refractivity contribution in [2.75, 3.05) is 6.54 Å². The fourth-order valence-electron chi connectivity index (χ4n) is 2.11. The molecule has 0 radical (unpaired) electrons. The maximum Gasteiger partial charge on any atom is 0.224 e. The Balaban J connectivity index is 1.83. The number of hydrogen-bond donors (Lipinski definition) is 2. The number of amides is 1. The zero-order chi connectivity index (χ0) is 15.2. The van der Waals surface area contributed by atoms with Crippen molar-refractivity contribution in [3.63, 3.8) is 0 Å². The first-order valence-electron chi connectivity index (χ1n) is 7.19. The van der Waals surface area contributed by atoms with E-state index in [0.29, 0.717) is 18.9 Å². The molecule has 1 atom stereocenters. The Kier molecular flexibility index (Phi) is 5.53. The van der Waals surface area contributed by atoms with Gasteiger partial charge in [0.25, 0.3) is 0 Å². The molecule has 0 bridgehead atoms. The van der Waals surface area contributed by atoms with Crippen molar-refractivity contribution in [1.29, 1.82) is 0 Å². The minimum absolute atomic E-state index is 0.0163. The first-order valence-corrected chi connectivity index (χ1v) is 8.13. The Hall–Kier alpha value is -1.65. The topological polar surface area (TPSA) is 55.1 Å². The van der Waals surface area contributed by atoms with Gasteiger partial charge in [0.1, 0.15) is 0 Å². The smallest absolute Gasteiger partial charge is 0.224 e. The van der Waals surface area contributed by atoms with Crippen LogP contribution in [-0.2, 0) is 11.2 Å². The van der Waals surface area contributed by atoms with Gasteiger partial charge >= 0.3 is 0 Å². The molecule has 0 saturated heterocycles. The lowest BCUT2D eigenvalue weighted by molar-refractivity contribution is -0.120. The predicted octanol–water partition coefficient (Wildman–Crippen LogP) is 3.23. The van der Waals surface area contributed by atoms with Gasteiger partial charge < -0.3 is 11.1 Å². The lowest BCUT2D eigenvalue weighted by Crippen LogP contribution is -2.32. The van der Waals surface area contributed by atoms with E-state index in [4.69, 9.17) is 5.73 Å². The predicted molar refractivity (Wildman–Crippen MR) is 88.5 cm³/mol. The summed E-state index contributed by atoms with van der Waals surface area (Å²) in [7, 11) is 0. The molecule has 2 aromatic rings. The van der Waals surface area contributed by atoms with E-state index in [1.54, 1.807) is 11.3 Å².